The summed E-state index contributed by atoms with van der Waals surface area (Å²) in [4.78, 5) is 0. The highest BCUT2D eigenvalue weighted by molar-refractivity contribution is 4.50. The van der Waals surface area contributed by atoms with Crippen LogP contribution in [0.15, 0.2) is 0 Å². The minimum absolute atomic E-state index is 1.09. The maximum atomic E-state index is 11.1. The molecule has 0 unspecified atom stereocenters. The molecule has 0 nitrogen and oxygen atoms in total. The fraction of sp³-hybridized carbons (Fsp3) is 1.00. The quantitative estimate of drug-likeness (QED) is 0.528. The molecular weight excluding hydrogens is 143 g/mol. The van der Waals surface area contributed by atoms with Gasteiger partial charge in [-0.1, -0.05) is 0 Å². The first-order valence-corrected chi connectivity index (χ1v) is 2.27. The molecule has 56 valence electrons. The maximum Gasteiger partial charge on any atom is 0.389 e. The van der Waals surface area contributed by atoms with Crippen molar-refractivity contribution in [2.75, 3.05) is 0 Å². The van der Waals surface area contributed by atoms with Gasteiger partial charge in [0.25, 0.3) is 0 Å². The first kappa shape index (κ1) is 8.65. The van der Waals surface area contributed by atoms with Crippen molar-refractivity contribution in [2.45, 2.75) is 25.4 Å². The normalized spacial score (nSPS) is 12.7. The van der Waals surface area contributed by atoms with Crippen molar-refractivity contribution in [1.82, 2.24) is 0 Å². The molecule has 0 spiro atoms. The van der Waals surface area contributed by atoms with E-state index >= 15 is 0 Å². The molecule has 0 aromatic rings. The van der Waals surface area contributed by atoms with Gasteiger partial charge in [-0.3, -0.25) is 0 Å². The Bertz CT molecular complexity index is 73.5. The highest BCUT2D eigenvalue weighted by atomic mass is 19.4. The van der Waals surface area contributed by atoms with Crippen LogP contribution < -0.4 is 0 Å². The molecule has 0 saturated heterocycles. The van der Waals surface area contributed by atoms with E-state index in [0.29, 0.717) is 0 Å². The van der Waals surface area contributed by atoms with Gasteiger partial charge in [-0.2, -0.15) is 13.2 Å². The Balaban J connectivity index is 3.28. The third-order valence-corrected chi connectivity index (χ3v) is 0.646. The van der Waals surface area contributed by atoms with Gasteiger partial charge >= 0.3 is 6.18 Å². The van der Waals surface area contributed by atoms with Crippen molar-refractivity contribution in [3.05, 3.63) is 0 Å². The lowest BCUT2D eigenvalue weighted by Crippen LogP contribution is -2.08. The zero-order chi connectivity index (χ0) is 7.49. The van der Waals surface area contributed by atoms with Crippen LogP contribution in [-0.4, -0.2) is 12.6 Å². The Morgan fingerprint density at radius 1 is 1.11 bits per heavy atom. The molecule has 0 rings (SSSR count). The van der Waals surface area contributed by atoms with E-state index in [1.165, 1.54) is 0 Å². The predicted molar refractivity (Wildman–Crippen MR) is 21.3 cm³/mol. The summed E-state index contributed by atoms with van der Waals surface area (Å²) in [6.07, 6.45) is -9.79. The van der Waals surface area contributed by atoms with E-state index in [-0.39, 0.29) is 0 Å². The van der Waals surface area contributed by atoms with E-state index in [1.54, 1.807) is 0 Å². The van der Waals surface area contributed by atoms with E-state index in [4.69, 9.17) is 0 Å². The van der Waals surface area contributed by atoms with E-state index < -0.39 is 25.4 Å². The summed E-state index contributed by atoms with van der Waals surface area (Å²) in [7, 11) is 0. The molecule has 0 fully saturated rings. The monoisotopic (exact) mass is 148 g/mol. The number of rotatable bonds is 2. The molecule has 0 aromatic carbocycles. The molecule has 0 radical (unpaired) electrons. The summed E-state index contributed by atoms with van der Waals surface area (Å²) in [6, 6.07) is 0. The fourth-order valence-electron chi connectivity index (χ4n) is 0.273. The average Bonchev–Trinajstić information content (AvgIpc) is 1.59. The van der Waals surface area contributed by atoms with E-state index in [0.717, 1.165) is 0 Å². The van der Waals surface area contributed by atoms with Gasteiger partial charge in [0.15, 0.2) is 0 Å². The fourth-order valence-corrected chi connectivity index (χ4v) is 0.273. The van der Waals surface area contributed by atoms with Gasteiger partial charge in [0, 0.05) is 12.8 Å². The van der Waals surface area contributed by atoms with Crippen molar-refractivity contribution in [1.29, 1.82) is 0 Å². The van der Waals surface area contributed by atoms with Gasteiger partial charge < -0.3 is 0 Å². The molecule has 0 heterocycles. The third-order valence-electron chi connectivity index (χ3n) is 0.646. The first-order chi connectivity index (χ1) is 3.92. The Labute approximate surface area is 48.7 Å². The van der Waals surface area contributed by atoms with Crippen LogP contribution in [0.5, 0.6) is 0 Å². The summed E-state index contributed by atoms with van der Waals surface area (Å²) >= 11 is 0. The molecule has 0 atom stereocenters. The van der Waals surface area contributed by atoms with Crippen molar-refractivity contribution >= 4 is 0 Å². The van der Waals surface area contributed by atoms with Crippen molar-refractivity contribution in [3.63, 3.8) is 0 Å². The average molecular weight is 148 g/mol. The Hall–Kier alpha value is -0.350. The molecule has 0 aliphatic rings. The maximum absolute atomic E-state index is 11.1. The second-order valence-corrected chi connectivity index (χ2v) is 1.54. The molecule has 0 amide bonds. The summed E-state index contributed by atoms with van der Waals surface area (Å²) in [5.41, 5.74) is 0. The van der Waals surface area contributed by atoms with Gasteiger partial charge in [-0.05, 0) is 0 Å². The summed E-state index contributed by atoms with van der Waals surface area (Å²) in [5, 5.41) is 0. The van der Waals surface area contributed by atoms with Crippen LogP contribution in [0.4, 0.5) is 22.0 Å². The number of hydrogen-bond acceptors (Lipinski definition) is 0. The number of hydrogen-bond donors (Lipinski definition) is 0. The van der Waals surface area contributed by atoms with Crippen molar-refractivity contribution in [3.8, 4) is 0 Å². The molecule has 0 aliphatic carbocycles. The Kier molecular flexibility index (Phi) is 2.87. The predicted octanol–water partition coefficient (Wildman–Crippen LogP) is 2.59. The molecule has 0 saturated carbocycles. The standard InChI is InChI=1S/C4H5F5/c5-3(6)1-2-4(7,8)9/h3H,1-2H2. The van der Waals surface area contributed by atoms with Gasteiger partial charge in [0.05, 0.1) is 0 Å². The van der Waals surface area contributed by atoms with Crippen LogP contribution in [0, 0.1) is 0 Å². The second-order valence-electron chi connectivity index (χ2n) is 1.54. The molecule has 5 heteroatoms. The van der Waals surface area contributed by atoms with Crippen molar-refractivity contribution in [2.24, 2.45) is 0 Å². The van der Waals surface area contributed by atoms with Gasteiger partial charge in [-0.25, -0.2) is 8.78 Å². The molecule has 0 aromatic heterocycles. The van der Waals surface area contributed by atoms with E-state index in [1.807, 2.05) is 0 Å². The van der Waals surface area contributed by atoms with Gasteiger partial charge in [0.1, 0.15) is 0 Å². The van der Waals surface area contributed by atoms with E-state index in [2.05, 4.69) is 0 Å². The zero-order valence-electron chi connectivity index (χ0n) is 4.38. The molecule has 0 aliphatic heterocycles. The zero-order valence-corrected chi connectivity index (χ0v) is 4.38. The minimum atomic E-state index is -4.45. The van der Waals surface area contributed by atoms with Crippen LogP contribution in [-0.2, 0) is 0 Å². The lowest BCUT2D eigenvalue weighted by molar-refractivity contribution is -0.141. The summed E-state index contributed by atoms with van der Waals surface area (Å²) < 4.78 is 55.4. The summed E-state index contributed by atoms with van der Waals surface area (Å²) in [6.45, 7) is 0. The van der Waals surface area contributed by atoms with E-state index in [9.17, 15) is 22.0 Å². The van der Waals surface area contributed by atoms with Crippen molar-refractivity contribution < 1.29 is 22.0 Å². The smallest absolute Gasteiger partial charge is 0.211 e. The topological polar surface area (TPSA) is 0 Å². The number of alkyl halides is 5. The van der Waals surface area contributed by atoms with Crippen LogP contribution in [0.2, 0.25) is 0 Å². The molecular formula is C4H5F5. The van der Waals surface area contributed by atoms with Crippen LogP contribution in [0.25, 0.3) is 0 Å². The highest BCUT2D eigenvalue weighted by Gasteiger charge is 2.28. The Morgan fingerprint density at radius 3 is 1.67 bits per heavy atom. The third kappa shape index (κ3) is 7.65. The molecule has 0 bridgehead atoms. The lowest BCUT2D eigenvalue weighted by atomic mass is 10.3. The van der Waals surface area contributed by atoms with Crippen LogP contribution >= 0.6 is 0 Å². The highest BCUT2D eigenvalue weighted by Crippen LogP contribution is 2.23. The van der Waals surface area contributed by atoms with Crippen LogP contribution in [0.3, 0.4) is 0 Å². The molecule has 0 N–H and O–H groups in total. The number of halogens is 5. The first-order valence-electron chi connectivity index (χ1n) is 2.27. The van der Waals surface area contributed by atoms with Crippen LogP contribution in [0.1, 0.15) is 12.8 Å². The largest absolute Gasteiger partial charge is 0.389 e. The molecule has 9 heavy (non-hydrogen) atoms. The lowest BCUT2D eigenvalue weighted by Gasteiger charge is -2.03. The minimum Gasteiger partial charge on any atom is -0.211 e. The SMILES string of the molecule is FC(F)CCC(F)(F)F. The second kappa shape index (κ2) is 2.98. The van der Waals surface area contributed by atoms with Gasteiger partial charge in [0.2, 0.25) is 6.43 Å². The summed E-state index contributed by atoms with van der Waals surface area (Å²) in [5.74, 6) is 0. The van der Waals surface area contributed by atoms with Gasteiger partial charge in [-0.15, -0.1) is 0 Å². The Morgan fingerprint density at radius 2 is 1.56 bits per heavy atom.